The van der Waals surface area contributed by atoms with Gasteiger partial charge in [0.15, 0.2) is 0 Å². The van der Waals surface area contributed by atoms with Gasteiger partial charge in [-0.2, -0.15) is 0 Å². The standard InChI is InChI=1S/C5H6S.C3H4S2/c6-5-3-1-2-4-5;1-2-4-5-3-1/h1,3H,2,4H2;1-2H,3H2. The molecular formula is C8H10S3. The Morgan fingerprint density at radius 1 is 1.36 bits per heavy atom. The summed E-state index contributed by atoms with van der Waals surface area (Å²) in [7, 11) is 3.69. The van der Waals surface area contributed by atoms with E-state index in [2.05, 4.69) is 17.6 Å². The van der Waals surface area contributed by atoms with Gasteiger partial charge in [-0.15, -0.1) is 0 Å². The van der Waals surface area contributed by atoms with E-state index in [4.69, 9.17) is 12.2 Å². The zero-order valence-electron chi connectivity index (χ0n) is 6.16. The number of allylic oxidation sites excluding steroid dienone is 2. The first-order chi connectivity index (χ1) is 5.39. The van der Waals surface area contributed by atoms with E-state index in [1.165, 1.54) is 12.2 Å². The Kier molecular flexibility index (Phi) is 4.99. The second-order valence-electron chi connectivity index (χ2n) is 2.16. The average molecular weight is 202 g/mol. The van der Waals surface area contributed by atoms with E-state index in [1.54, 1.807) is 0 Å². The molecule has 0 bridgehead atoms. The van der Waals surface area contributed by atoms with Gasteiger partial charge in [0.1, 0.15) is 0 Å². The summed E-state index contributed by atoms with van der Waals surface area (Å²) < 4.78 is 0. The molecule has 2 rings (SSSR count). The van der Waals surface area contributed by atoms with Gasteiger partial charge in [0, 0.05) is 10.6 Å². The van der Waals surface area contributed by atoms with E-state index in [0.717, 1.165) is 11.3 Å². The highest BCUT2D eigenvalue weighted by molar-refractivity contribution is 8.78. The monoisotopic (exact) mass is 202 g/mol. The summed E-state index contributed by atoms with van der Waals surface area (Å²) in [5, 5.41) is 2.12. The highest BCUT2D eigenvalue weighted by atomic mass is 33.1. The Labute approximate surface area is 80.9 Å². The first-order valence-corrected chi connectivity index (χ1v) is 6.31. The maximum Gasteiger partial charge on any atom is 0.0229 e. The number of hydrogen-bond acceptors (Lipinski definition) is 3. The summed E-state index contributed by atoms with van der Waals surface area (Å²) in [4.78, 5) is 1.11. The molecule has 1 aliphatic heterocycles. The molecule has 0 saturated heterocycles. The van der Waals surface area contributed by atoms with E-state index >= 15 is 0 Å². The van der Waals surface area contributed by atoms with Crippen molar-refractivity contribution in [2.24, 2.45) is 0 Å². The van der Waals surface area contributed by atoms with Crippen molar-refractivity contribution < 1.29 is 0 Å². The molecule has 0 fully saturated rings. The zero-order valence-corrected chi connectivity index (χ0v) is 8.60. The van der Waals surface area contributed by atoms with Gasteiger partial charge in [0.2, 0.25) is 0 Å². The van der Waals surface area contributed by atoms with Crippen LogP contribution in [0.4, 0.5) is 0 Å². The Bertz CT molecular complexity index is 176. The van der Waals surface area contributed by atoms with E-state index in [1.807, 2.05) is 27.7 Å². The van der Waals surface area contributed by atoms with Crippen LogP contribution in [0.25, 0.3) is 0 Å². The Hall–Kier alpha value is 0.270. The molecule has 1 aliphatic carbocycles. The Morgan fingerprint density at radius 2 is 2.27 bits per heavy atom. The molecule has 0 aromatic heterocycles. The number of thiocarbonyl (C=S) groups is 1. The predicted molar refractivity (Wildman–Crippen MR) is 60.2 cm³/mol. The second-order valence-corrected chi connectivity index (χ2v) is 5.00. The molecule has 0 nitrogen and oxygen atoms in total. The molecule has 0 saturated carbocycles. The molecule has 0 atom stereocenters. The first kappa shape index (κ1) is 9.36. The van der Waals surface area contributed by atoms with E-state index in [-0.39, 0.29) is 0 Å². The summed E-state index contributed by atoms with van der Waals surface area (Å²) in [6.07, 6.45) is 8.56. The summed E-state index contributed by atoms with van der Waals surface area (Å²) in [5.74, 6) is 1.20. The van der Waals surface area contributed by atoms with Crippen LogP contribution in [0.2, 0.25) is 0 Å². The third-order valence-electron chi connectivity index (χ3n) is 1.25. The van der Waals surface area contributed by atoms with Crippen LogP contribution in [-0.4, -0.2) is 10.6 Å². The summed E-state index contributed by atoms with van der Waals surface area (Å²) in [6.45, 7) is 0. The normalized spacial score (nSPS) is 20.2. The summed E-state index contributed by atoms with van der Waals surface area (Å²) in [5.41, 5.74) is 0. The van der Waals surface area contributed by atoms with Crippen LogP contribution >= 0.6 is 33.8 Å². The third kappa shape index (κ3) is 4.67. The fraction of sp³-hybridized carbons (Fsp3) is 0.375. The van der Waals surface area contributed by atoms with Crippen molar-refractivity contribution in [3.05, 3.63) is 23.6 Å². The molecule has 0 amide bonds. The van der Waals surface area contributed by atoms with E-state index in [0.29, 0.717) is 0 Å². The largest absolute Gasteiger partial charge is 0.0854 e. The molecule has 3 heteroatoms. The molecular weight excluding hydrogens is 192 g/mol. The van der Waals surface area contributed by atoms with E-state index < -0.39 is 0 Å². The molecule has 60 valence electrons. The van der Waals surface area contributed by atoms with Crippen molar-refractivity contribution in [1.29, 1.82) is 0 Å². The van der Waals surface area contributed by atoms with Crippen molar-refractivity contribution in [1.82, 2.24) is 0 Å². The molecule has 0 aromatic carbocycles. The van der Waals surface area contributed by atoms with Crippen LogP contribution < -0.4 is 0 Å². The molecule has 2 aliphatic rings. The van der Waals surface area contributed by atoms with Gasteiger partial charge in [-0.05, 0) is 18.2 Å². The molecule has 0 radical (unpaired) electrons. The topological polar surface area (TPSA) is 0 Å². The van der Waals surface area contributed by atoms with Crippen molar-refractivity contribution in [3.63, 3.8) is 0 Å². The highest BCUT2D eigenvalue weighted by Gasteiger charge is 1.94. The van der Waals surface area contributed by atoms with Gasteiger partial charge >= 0.3 is 0 Å². The second kappa shape index (κ2) is 5.86. The van der Waals surface area contributed by atoms with Gasteiger partial charge in [-0.3, -0.25) is 0 Å². The summed E-state index contributed by atoms with van der Waals surface area (Å²) in [6, 6.07) is 0. The smallest absolute Gasteiger partial charge is 0.0229 e. The fourth-order valence-corrected chi connectivity index (χ4v) is 2.51. The van der Waals surface area contributed by atoms with Gasteiger partial charge in [0.05, 0.1) is 0 Å². The molecule has 0 unspecified atom stereocenters. The third-order valence-corrected chi connectivity index (χ3v) is 3.50. The Balaban J connectivity index is 0.000000112. The lowest BCUT2D eigenvalue weighted by atomic mass is 10.4. The fourth-order valence-electron chi connectivity index (χ4n) is 0.720. The van der Waals surface area contributed by atoms with Crippen molar-refractivity contribution in [3.8, 4) is 0 Å². The van der Waals surface area contributed by atoms with Crippen molar-refractivity contribution in [2.75, 3.05) is 5.75 Å². The van der Waals surface area contributed by atoms with Gasteiger partial charge in [0.25, 0.3) is 0 Å². The van der Waals surface area contributed by atoms with Gasteiger partial charge < -0.3 is 0 Å². The molecule has 1 heterocycles. The maximum atomic E-state index is 4.83. The first-order valence-electron chi connectivity index (χ1n) is 3.52. The minimum absolute atomic E-state index is 1.11. The highest BCUT2D eigenvalue weighted by Crippen LogP contribution is 2.27. The summed E-state index contributed by atoms with van der Waals surface area (Å²) >= 11 is 4.83. The maximum absolute atomic E-state index is 4.83. The van der Waals surface area contributed by atoms with Crippen LogP contribution in [-0.2, 0) is 0 Å². The van der Waals surface area contributed by atoms with Gasteiger partial charge in [-0.25, -0.2) is 0 Å². The molecule has 0 aromatic rings. The van der Waals surface area contributed by atoms with Crippen LogP contribution in [0.3, 0.4) is 0 Å². The molecule has 0 N–H and O–H groups in total. The molecule has 11 heavy (non-hydrogen) atoms. The van der Waals surface area contributed by atoms with Crippen LogP contribution in [0.5, 0.6) is 0 Å². The quantitative estimate of drug-likeness (QED) is 0.435. The zero-order chi connectivity index (χ0) is 7.94. The Morgan fingerprint density at radius 3 is 2.45 bits per heavy atom. The van der Waals surface area contributed by atoms with Gasteiger partial charge in [-0.1, -0.05) is 52.0 Å². The lowest BCUT2D eigenvalue weighted by Crippen LogP contribution is -1.75. The SMILES string of the molecule is C1=CSSC1.S=C1C=CCC1. The lowest BCUT2D eigenvalue weighted by molar-refractivity contribution is 1.15. The number of rotatable bonds is 0. The number of hydrogen-bond donors (Lipinski definition) is 0. The minimum Gasteiger partial charge on any atom is -0.0854 e. The van der Waals surface area contributed by atoms with Crippen LogP contribution in [0.1, 0.15) is 12.8 Å². The lowest BCUT2D eigenvalue weighted by Gasteiger charge is -1.75. The predicted octanol–water partition coefficient (Wildman–Crippen LogP) is 3.60. The van der Waals surface area contributed by atoms with E-state index in [9.17, 15) is 0 Å². The van der Waals surface area contributed by atoms with Crippen LogP contribution in [0.15, 0.2) is 23.6 Å². The van der Waals surface area contributed by atoms with Crippen molar-refractivity contribution in [2.45, 2.75) is 12.8 Å². The van der Waals surface area contributed by atoms with Crippen molar-refractivity contribution >= 4 is 38.7 Å². The minimum atomic E-state index is 1.11. The van der Waals surface area contributed by atoms with Crippen LogP contribution in [0, 0.1) is 0 Å². The molecule has 0 spiro atoms. The average Bonchev–Trinajstić information content (AvgIpc) is 2.57.